The molecule has 0 aromatic carbocycles. The van der Waals surface area contributed by atoms with Gasteiger partial charge in [0.15, 0.2) is 0 Å². The Hall–Kier alpha value is -0.860. The molecule has 1 fully saturated rings. The molecule has 1 aromatic rings. The minimum atomic E-state index is -2.74. The van der Waals surface area contributed by atoms with Gasteiger partial charge in [-0.1, -0.05) is 11.6 Å². The van der Waals surface area contributed by atoms with Gasteiger partial charge in [0.05, 0.1) is 17.5 Å². The molecule has 0 aliphatic carbocycles. The van der Waals surface area contributed by atoms with Gasteiger partial charge in [0, 0.05) is 12.6 Å². The maximum Gasteiger partial charge on any atom is 0.269 e. The van der Waals surface area contributed by atoms with E-state index in [1.165, 1.54) is 0 Å². The summed E-state index contributed by atoms with van der Waals surface area (Å²) >= 11 is 12.3. The molecule has 1 amide bonds. The van der Waals surface area contributed by atoms with Crippen molar-refractivity contribution in [3.05, 3.63) is 27.6 Å². The summed E-state index contributed by atoms with van der Waals surface area (Å²) in [7, 11) is 0. The fourth-order valence-corrected chi connectivity index (χ4v) is 3.73. The SMILES string of the molecule is O=C(Nc1cc(Cl)c(=O)n(CC(F)F)c1)C1CC(F)C(Cl)S1. The first-order chi connectivity index (χ1) is 10.3. The average Bonchev–Trinajstić information content (AvgIpc) is 2.75. The third-order valence-electron chi connectivity index (χ3n) is 2.95. The summed E-state index contributed by atoms with van der Waals surface area (Å²) in [5, 5.41) is 1.45. The number of alkyl halides is 4. The van der Waals surface area contributed by atoms with Gasteiger partial charge in [0.25, 0.3) is 12.0 Å². The molecule has 10 heteroatoms. The van der Waals surface area contributed by atoms with Gasteiger partial charge in [-0.3, -0.25) is 9.59 Å². The van der Waals surface area contributed by atoms with Crippen LogP contribution >= 0.6 is 35.0 Å². The number of carbonyl (C=O) groups is 1. The van der Waals surface area contributed by atoms with Crippen molar-refractivity contribution in [2.45, 2.75) is 35.5 Å². The van der Waals surface area contributed by atoms with Crippen LogP contribution in [0.1, 0.15) is 6.42 Å². The Bertz CT molecular complexity index is 619. The van der Waals surface area contributed by atoms with Crippen LogP contribution in [-0.4, -0.2) is 33.0 Å². The number of nitrogens with zero attached hydrogens (tertiary/aromatic N) is 1. The second kappa shape index (κ2) is 7.14. The maximum absolute atomic E-state index is 13.3. The molecule has 1 saturated heterocycles. The summed E-state index contributed by atoms with van der Waals surface area (Å²) in [6.07, 6.45) is -2.99. The molecule has 2 heterocycles. The van der Waals surface area contributed by atoms with E-state index in [-0.39, 0.29) is 17.1 Å². The fraction of sp³-hybridized carbons (Fsp3) is 0.500. The highest BCUT2D eigenvalue weighted by molar-refractivity contribution is 8.02. The first kappa shape index (κ1) is 17.5. The molecule has 4 nitrogen and oxygen atoms in total. The van der Waals surface area contributed by atoms with Crippen LogP contribution in [0.5, 0.6) is 0 Å². The van der Waals surface area contributed by atoms with E-state index in [2.05, 4.69) is 5.32 Å². The van der Waals surface area contributed by atoms with Crippen molar-refractivity contribution >= 4 is 46.6 Å². The van der Waals surface area contributed by atoms with E-state index in [4.69, 9.17) is 23.2 Å². The lowest BCUT2D eigenvalue weighted by molar-refractivity contribution is -0.115. The highest BCUT2D eigenvalue weighted by Gasteiger charge is 2.37. The zero-order valence-corrected chi connectivity index (χ0v) is 13.3. The molecular formula is C12H11Cl2F3N2O2S. The number of hydrogen-bond donors (Lipinski definition) is 1. The number of halogens is 5. The Morgan fingerprint density at radius 3 is 2.77 bits per heavy atom. The van der Waals surface area contributed by atoms with Gasteiger partial charge in [0.1, 0.15) is 15.9 Å². The molecule has 122 valence electrons. The predicted octanol–water partition coefficient (Wildman–Crippen LogP) is 3.11. The molecule has 22 heavy (non-hydrogen) atoms. The normalized spacial score (nSPS) is 24.7. The number of nitrogens with one attached hydrogen (secondary N) is 1. The lowest BCUT2D eigenvalue weighted by Gasteiger charge is -2.12. The number of rotatable bonds is 4. The number of hydrogen-bond acceptors (Lipinski definition) is 3. The fourth-order valence-electron chi connectivity index (χ4n) is 1.95. The summed E-state index contributed by atoms with van der Waals surface area (Å²) in [6, 6.07) is 1.16. The van der Waals surface area contributed by atoms with Crippen LogP contribution in [0.3, 0.4) is 0 Å². The number of pyridine rings is 1. The summed E-state index contributed by atoms with van der Waals surface area (Å²) in [6.45, 7) is -0.837. The summed E-state index contributed by atoms with van der Waals surface area (Å²) in [4.78, 5) is 23.6. The monoisotopic (exact) mass is 374 g/mol. The van der Waals surface area contributed by atoms with Gasteiger partial charge < -0.3 is 9.88 Å². The zero-order valence-electron chi connectivity index (χ0n) is 10.9. The van der Waals surface area contributed by atoms with Crippen LogP contribution in [0.4, 0.5) is 18.9 Å². The summed E-state index contributed by atoms with van der Waals surface area (Å²) in [5.41, 5.74) is -0.691. The molecule has 1 aromatic heterocycles. The summed E-state index contributed by atoms with van der Waals surface area (Å²) in [5.74, 6) is -0.519. The minimum absolute atomic E-state index is 0.0327. The molecule has 0 bridgehead atoms. The molecule has 2 rings (SSSR count). The second-order valence-electron chi connectivity index (χ2n) is 4.64. The van der Waals surface area contributed by atoms with Crippen LogP contribution in [0, 0.1) is 0 Å². The Labute approximate surface area is 138 Å². The molecule has 1 aliphatic rings. The lowest BCUT2D eigenvalue weighted by atomic mass is 10.2. The molecule has 1 N–H and O–H groups in total. The van der Waals surface area contributed by atoms with Gasteiger partial charge >= 0.3 is 0 Å². The van der Waals surface area contributed by atoms with Crippen molar-refractivity contribution in [1.29, 1.82) is 0 Å². The Balaban J connectivity index is 2.14. The van der Waals surface area contributed by atoms with Gasteiger partial charge in [-0.05, 0) is 6.07 Å². The molecular weight excluding hydrogens is 364 g/mol. The molecule has 1 aliphatic heterocycles. The highest BCUT2D eigenvalue weighted by Crippen LogP contribution is 2.38. The van der Waals surface area contributed by atoms with Crippen LogP contribution in [0.2, 0.25) is 5.02 Å². The standard InChI is InChI=1S/C12H11Cl2F3N2O2S/c13-6-1-5(3-19(12(6)21)4-9(16)17)18-11(20)8-2-7(15)10(14)22-8/h1,3,7-10H,2,4H2,(H,18,20). The number of amides is 1. The first-order valence-electron chi connectivity index (χ1n) is 6.20. The van der Waals surface area contributed by atoms with Gasteiger partial charge in [-0.25, -0.2) is 13.2 Å². The zero-order chi connectivity index (χ0) is 16.4. The molecule has 3 unspecified atom stereocenters. The highest BCUT2D eigenvalue weighted by atomic mass is 35.5. The largest absolute Gasteiger partial charge is 0.324 e. The van der Waals surface area contributed by atoms with Crippen LogP contribution < -0.4 is 10.9 Å². The van der Waals surface area contributed by atoms with Crippen molar-refractivity contribution in [3.8, 4) is 0 Å². The van der Waals surface area contributed by atoms with Gasteiger partial charge in [-0.2, -0.15) is 0 Å². The van der Waals surface area contributed by atoms with Gasteiger partial charge in [0.2, 0.25) is 5.91 Å². The average molecular weight is 375 g/mol. The Morgan fingerprint density at radius 1 is 1.55 bits per heavy atom. The van der Waals surface area contributed by atoms with E-state index >= 15 is 0 Å². The van der Waals surface area contributed by atoms with Crippen LogP contribution in [0.25, 0.3) is 0 Å². The van der Waals surface area contributed by atoms with Crippen LogP contribution in [-0.2, 0) is 11.3 Å². The topological polar surface area (TPSA) is 51.1 Å². The predicted molar refractivity (Wildman–Crippen MR) is 80.9 cm³/mol. The van der Waals surface area contributed by atoms with Crippen molar-refractivity contribution in [3.63, 3.8) is 0 Å². The van der Waals surface area contributed by atoms with E-state index in [1.54, 1.807) is 0 Å². The second-order valence-corrected chi connectivity index (χ2v) is 7.13. The van der Waals surface area contributed by atoms with E-state index in [9.17, 15) is 22.8 Å². The van der Waals surface area contributed by atoms with Gasteiger partial charge in [-0.15, -0.1) is 23.4 Å². The smallest absolute Gasteiger partial charge is 0.269 e. The van der Waals surface area contributed by atoms with Crippen molar-refractivity contribution in [1.82, 2.24) is 4.57 Å². The quantitative estimate of drug-likeness (QED) is 0.823. The summed E-state index contributed by atoms with van der Waals surface area (Å²) < 4.78 is 38.0. The minimum Gasteiger partial charge on any atom is -0.324 e. The first-order valence-corrected chi connectivity index (χ1v) is 7.96. The van der Waals surface area contributed by atoms with Crippen molar-refractivity contribution < 1.29 is 18.0 Å². The molecule has 0 radical (unpaired) electrons. The third-order valence-corrected chi connectivity index (χ3v) is 5.10. The lowest BCUT2D eigenvalue weighted by Crippen LogP contribution is -2.27. The molecule has 0 saturated carbocycles. The number of thioether (sulfide) groups is 1. The van der Waals surface area contributed by atoms with E-state index in [0.717, 1.165) is 24.0 Å². The Morgan fingerprint density at radius 2 is 2.23 bits per heavy atom. The number of aromatic nitrogens is 1. The molecule has 0 spiro atoms. The Kier molecular flexibility index (Phi) is 5.68. The van der Waals surface area contributed by atoms with E-state index in [1.807, 2.05) is 0 Å². The van der Waals surface area contributed by atoms with E-state index < -0.39 is 40.6 Å². The number of anilines is 1. The van der Waals surface area contributed by atoms with Crippen LogP contribution in [0.15, 0.2) is 17.1 Å². The van der Waals surface area contributed by atoms with E-state index in [0.29, 0.717) is 4.57 Å². The third kappa shape index (κ3) is 4.11. The van der Waals surface area contributed by atoms with Crippen molar-refractivity contribution in [2.24, 2.45) is 0 Å². The van der Waals surface area contributed by atoms with Crippen molar-refractivity contribution in [2.75, 3.05) is 5.32 Å². The molecule has 3 atom stereocenters. The number of carbonyl (C=O) groups excluding carboxylic acids is 1. The maximum atomic E-state index is 13.3.